The van der Waals surface area contributed by atoms with Crippen molar-refractivity contribution in [3.63, 3.8) is 0 Å². The molecule has 0 saturated carbocycles. The predicted molar refractivity (Wildman–Crippen MR) is 37.2 cm³/mol. The minimum absolute atomic E-state index is 0.110. The minimum Gasteiger partial charge on any atom is -0.352 e. The largest absolute Gasteiger partial charge is 0.352 e. The quantitative estimate of drug-likeness (QED) is 0.576. The summed E-state index contributed by atoms with van der Waals surface area (Å²) in [5.74, 6) is -0.953. The Balaban J connectivity index is 2.27. The summed E-state index contributed by atoms with van der Waals surface area (Å²) in [4.78, 5) is 10.2. The fraction of sp³-hybridized carbons (Fsp3) is 0.750. The van der Waals surface area contributed by atoms with E-state index in [4.69, 9.17) is 14.8 Å². The highest BCUT2D eigenvalue weighted by Crippen LogP contribution is 2.47. The van der Waals surface area contributed by atoms with Gasteiger partial charge in [-0.15, -0.1) is 0 Å². The third-order valence-corrected chi connectivity index (χ3v) is 2.38. The number of urea groups is 1. The summed E-state index contributed by atoms with van der Waals surface area (Å²) in [6, 6.07) is -0.662. The molecule has 11 heavy (non-hydrogen) atoms. The monoisotopic (exact) mass is 180 g/mol. The minimum atomic E-state index is -2.29. The van der Waals surface area contributed by atoms with E-state index in [0.717, 1.165) is 0 Å². The second kappa shape index (κ2) is 2.81. The molecule has 1 aliphatic rings. The average Bonchev–Trinajstić information content (AvgIpc) is 1.81. The maximum atomic E-state index is 10.4. The van der Waals surface area contributed by atoms with Crippen LogP contribution in [0, 0.1) is 0 Å². The second-order valence-electron chi connectivity index (χ2n) is 2.31. The van der Waals surface area contributed by atoms with Crippen LogP contribution in [0.3, 0.4) is 0 Å². The number of nitrogens with two attached hydrogens (primary N) is 1. The smallest absolute Gasteiger partial charge is 0.324 e. The molecule has 0 spiro atoms. The van der Waals surface area contributed by atoms with E-state index in [9.17, 15) is 9.36 Å². The molecule has 0 atom stereocenters. The average molecular weight is 180 g/mol. The number of carbonyl (C=O) groups is 1. The van der Waals surface area contributed by atoms with Crippen LogP contribution in [-0.4, -0.2) is 18.4 Å². The van der Waals surface area contributed by atoms with E-state index in [1.165, 1.54) is 0 Å². The number of amides is 2. The van der Waals surface area contributed by atoms with Crippen LogP contribution in [0.5, 0.6) is 0 Å². The molecule has 2 amide bonds. The van der Waals surface area contributed by atoms with Crippen molar-refractivity contribution in [2.45, 2.75) is 12.7 Å². The van der Waals surface area contributed by atoms with E-state index in [2.05, 4.69) is 5.32 Å². The van der Waals surface area contributed by atoms with Crippen molar-refractivity contribution in [2.75, 3.05) is 6.54 Å². The van der Waals surface area contributed by atoms with E-state index in [-0.39, 0.29) is 6.54 Å². The zero-order valence-electron chi connectivity index (χ0n) is 5.92. The van der Waals surface area contributed by atoms with Gasteiger partial charge in [-0.25, -0.2) is 4.79 Å². The van der Waals surface area contributed by atoms with Crippen LogP contribution >= 0.6 is 8.25 Å². The van der Waals surface area contributed by atoms with Crippen LogP contribution in [0.2, 0.25) is 0 Å². The fourth-order valence-electron chi connectivity index (χ4n) is 0.680. The summed E-state index contributed by atoms with van der Waals surface area (Å²) in [5, 5.41) is 2.27. The van der Waals surface area contributed by atoms with Gasteiger partial charge in [0.05, 0.1) is 6.54 Å². The highest BCUT2D eigenvalue weighted by molar-refractivity contribution is 7.34. The molecule has 0 aromatic heterocycles. The molecule has 1 heterocycles. The van der Waals surface area contributed by atoms with Crippen molar-refractivity contribution in [2.24, 2.45) is 5.73 Å². The van der Waals surface area contributed by atoms with Crippen molar-refractivity contribution in [3.8, 4) is 0 Å². The summed E-state index contributed by atoms with van der Waals surface area (Å²) in [7, 11) is -2.29. The van der Waals surface area contributed by atoms with Crippen molar-refractivity contribution in [3.05, 3.63) is 0 Å². The Kier molecular flexibility index (Phi) is 2.17. The standard InChI is InChI=1S/C4H9N2O4P/c1-4(2-6-3(5)7)9-11(8)10-4/h11H,2H2,1H3,(H3,5,6,7). The Bertz CT molecular complexity index is 198. The van der Waals surface area contributed by atoms with Gasteiger partial charge in [0.25, 0.3) is 0 Å². The zero-order valence-corrected chi connectivity index (χ0v) is 6.92. The molecule has 1 aliphatic heterocycles. The molecule has 64 valence electrons. The molecule has 7 heteroatoms. The van der Waals surface area contributed by atoms with Gasteiger partial charge in [0.1, 0.15) is 0 Å². The highest BCUT2D eigenvalue weighted by Gasteiger charge is 2.40. The second-order valence-corrected chi connectivity index (χ2v) is 3.21. The first-order valence-electron chi connectivity index (χ1n) is 2.97. The molecule has 0 aromatic carbocycles. The predicted octanol–water partition coefficient (Wildman–Crippen LogP) is -0.193. The highest BCUT2D eigenvalue weighted by atomic mass is 31.1. The van der Waals surface area contributed by atoms with Gasteiger partial charge >= 0.3 is 14.3 Å². The lowest BCUT2D eigenvalue weighted by Gasteiger charge is -2.36. The summed E-state index contributed by atoms with van der Waals surface area (Å²) >= 11 is 0. The first-order valence-corrected chi connectivity index (χ1v) is 4.20. The molecule has 0 radical (unpaired) electrons. The molecule has 0 aliphatic carbocycles. The Morgan fingerprint density at radius 1 is 1.73 bits per heavy atom. The third kappa shape index (κ3) is 2.18. The van der Waals surface area contributed by atoms with Crippen molar-refractivity contribution in [1.29, 1.82) is 0 Å². The molecule has 1 fully saturated rings. The van der Waals surface area contributed by atoms with Crippen LogP contribution in [0.25, 0.3) is 0 Å². The fourth-order valence-corrected chi connectivity index (χ4v) is 1.54. The molecule has 0 aromatic rings. The van der Waals surface area contributed by atoms with E-state index >= 15 is 0 Å². The molecule has 1 rings (SSSR count). The molecule has 0 unspecified atom stereocenters. The van der Waals surface area contributed by atoms with Crippen LogP contribution < -0.4 is 11.1 Å². The third-order valence-electron chi connectivity index (χ3n) is 1.18. The van der Waals surface area contributed by atoms with Gasteiger partial charge in [-0.2, -0.15) is 0 Å². The van der Waals surface area contributed by atoms with E-state index in [1.807, 2.05) is 0 Å². The van der Waals surface area contributed by atoms with Crippen molar-refractivity contribution < 1.29 is 18.4 Å². The van der Waals surface area contributed by atoms with Gasteiger partial charge in [0.15, 0.2) is 0 Å². The van der Waals surface area contributed by atoms with Crippen LogP contribution in [0.1, 0.15) is 6.92 Å². The molecule has 0 bridgehead atoms. The summed E-state index contributed by atoms with van der Waals surface area (Å²) in [6.07, 6.45) is 0. The van der Waals surface area contributed by atoms with Gasteiger partial charge in [-0.1, -0.05) is 0 Å². The molecule has 3 N–H and O–H groups in total. The maximum Gasteiger partial charge on any atom is 0.324 e. The Morgan fingerprint density at radius 3 is 2.64 bits per heavy atom. The Morgan fingerprint density at radius 2 is 2.27 bits per heavy atom. The first-order chi connectivity index (χ1) is 5.02. The van der Waals surface area contributed by atoms with Crippen LogP contribution in [-0.2, 0) is 13.6 Å². The first kappa shape index (κ1) is 8.52. The number of primary amides is 1. The van der Waals surface area contributed by atoms with Crippen LogP contribution in [0.15, 0.2) is 0 Å². The molecule has 6 nitrogen and oxygen atoms in total. The Labute approximate surface area is 64.0 Å². The summed E-state index contributed by atoms with van der Waals surface area (Å²) < 4.78 is 19.8. The summed E-state index contributed by atoms with van der Waals surface area (Å²) in [5.41, 5.74) is 4.78. The van der Waals surface area contributed by atoms with Crippen molar-refractivity contribution >= 4 is 14.3 Å². The zero-order chi connectivity index (χ0) is 8.48. The topological polar surface area (TPSA) is 90.6 Å². The SMILES string of the molecule is CC1(CNC(N)=O)O[PH](=O)O1. The van der Waals surface area contributed by atoms with E-state index in [0.29, 0.717) is 0 Å². The number of hydrogen-bond donors (Lipinski definition) is 2. The molecular formula is C4H9N2O4P. The van der Waals surface area contributed by atoms with Gasteiger partial charge in [-0.3, -0.25) is 13.6 Å². The number of rotatable bonds is 2. The molecule has 1 saturated heterocycles. The number of nitrogens with one attached hydrogen (secondary N) is 1. The van der Waals surface area contributed by atoms with Gasteiger partial charge in [-0.05, 0) is 6.92 Å². The number of carbonyl (C=O) groups excluding carboxylic acids is 1. The Hall–Kier alpha value is -0.580. The van der Waals surface area contributed by atoms with E-state index < -0.39 is 20.1 Å². The molecular weight excluding hydrogens is 171 g/mol. The van der Waals surface area contributed by atoms with Gasteiger partial charge in [0.2, 0.25) is 5.79 Å². The van der Waals surface area contributed by atoms with E-state index in [1.54, 1.807) is 6.92 Å². The maximum absolute atomic E-state index is 10.4. The van der Waals surface area contributed by atoms with Gasteiger partial charge < -0.3 is 11.1 Å². The lowest BCUT2D eigenvalue weighted by Crippen LogP contribution is -2.48. The lowest BCUT2D eigenvalue weighted by molar-refractivity contribution is -0.166. The number of hydrogen-bond acceptors (Lipinski definition) is 4. The van der Waals surface area contributed by atoms with Crippen molar-refractivity contribution in [1.82, 2.24) is 5.32 Å². The van der Waals surface area contributed by atoms with Gasteiger partial charge in [0, 0.05) is 0 Å². The normalized spacial score (nSPS) is 35.9. The lowest BCUT2D eigenvalue weighted by atomic mass is 10.3. The van der Waals surface area contributed by atoms with Crippen LogP contribution in [0.4, 0.5) is 4.79 Å². The summed E-state index contributed by atoms with van der Waals surface area (Å²) in [6.45, 7) is 1.67.